The fourth-order valence-corrected chi connectivity index (χ4v) is 3.63. The minimum absolute atomic E-state index is 0.216. The Morgan fingerprint density at radius 2 is 1.80 bits per heavy atom. The Morgan fingerprint density at radius 1 is 1.16 bits per heavy atom. The first kappa shape index (κ1) is 18.4. The minimum Gasteiger partial charge on any atom is -0.378 e. The van der Waals surface area contributed by atoms with E-state index in [1.165, 1.54) is 0 Å². The normalized spacial score (nSPS) is 17.2. The fraction of sp³-hybridized carbons (Fsp3) is 0.579. The number of ether oxygens (including phenoxy) is 1. The van der Waals surface area contributed by atoms with Crippen molar-refractivity contribution in [2.24, 2.45) is 0 Å². The van der Waals surface area contributed by atoms with E-state index < -0.39 is 0 Å². The van der Waals surface area contributed by atoms with Gasteiger partial charge in [-0.3, -0.25) is 4.90 Å². The molecule has 0 amide bonds. The molecule has 0 bridgehead atoms. The summed E-state index contributed by atoms with van der Waals surface area (Å²) in [6.07, 6.45) is 2.15. The van der Waals surface area contributed by atoms with E-state index >= 15 is 0 Å². The zero-order valence-electron chi connectivity index (χ0n) is 15.5. The maximum atomic E-state index is 6.05. The molecule has 0 spiro atoms. The number of rotatable bonds is 4. The molecule has 136 valence electrons. The summed E-state index contributed by atoms with van der Waals surface area (Å²) in [5.74, 6) is 0. The van der Waals surface area contributed by atoms with Gasteiger partial charge in [-0.1, -0.05) is 28.9 Å². The van der Waals surface area contributed by atoms with Crippen molar-refractivity contribution in [1.29, 1.82) is 0 Å². The predicted molar refractivity (Wildman–Crippen MR) is 101 cm³/mol. The van der Waals surface area contributed by atoms with Crippen LogP contribution in [0.15, 0.2) is 24.3 Å². The van der Waals surface area contributed by atoms with Crippen molar-refractivity contribution in [1.82, 2.24) is 19.9 Å². The summed E-state index contributed by atoms with van der Waals surface area (Å²) in [5.41, 5.74) is 3.23. The summed E-state index contributed by atoms with van der Waals surface area (Å²) in [5, 5.41) is 9.60. The van der Waals surface area contributed by atoms with Crippen LogP contribution in [0.5, 0.6) is 0 Å². The molecule has 1 saturated heterocycles. The summed E-state index contributed by atoms with van der Waals surface area (Å²) in [7, 11) is 1.69. The summed E-state index contributed by atoms with van der Waals surface area (Å²) >= 11 is 6.05. The number of aromatic nitrogens is 3. The number of methoxy groups -OCH3 is 1. The zero-order valence-corrected chi connectivity index (χ0v) is 16.3. The third-order valence-corrected chi connectivity index (χ3v) is 5.17. The molecular weight excluding hydrogens is 336 g/mol. The number of likely N-dealkylation sites (tertiary alicyclic amines) is 1. The first-order valence-corrected chi connectivity index (χ1v) is 9.22. The first-order chi connectivity index (χ1) is 11.9. The maximum absolute atomic E-state index is 6.05. The third-order valence-electron chi connectivity index (χ3n) is 4.92. The van der Waals surface area contributed by atoms with E-state index in [2.05, 4.69) is 40.7 Å². The molecule has 2 aromatic rings. The summed E-state index contributed by atoms with van der Waals surface area (Å²) in [4.78, 5) is 2.54. The molecule has 1 aliphatic rings. The number of halogens is 1. The summed E-state index contributed by atoms with van der Waals surface area (Å²) in [6, 6.07) is 8.24. The smallest absolute Gasteiger partial charge is 0.116 e. The highest BCUT2D eigenvalue weighted by molar-refractivity contribution is 6.30. The largest absolute Gasteiger partial charge is 0.378 e. The van der Waals surface area contributed by atoms with Crippen LogP contribution in [0, 0.1) is 0 Å². The van der Waals surface area contributed by atoms with Crippen LogP contribution < -0.4 is 0 Å². The molecule has 0 aliphatic carbocycles. The van der Waals surface area contributed by atoms with Gasteiger partial charge in [0.1, 0.15) is 5.69 Å². The van der Waals surface area contributed by atoms with E-state index in [1.807, 2.05) is 24.3 Å². The lowest BCUT2D eigenvalue weighted by Crippen LogP contribution is -2.46. The molecule has 25 heavy (non-hydrogen) atoms. The van der Waals surface area contributed by atoms with Crippen LogP contribution in [-0.4, -0.2) is 45.6 Å². The van der Waals surface area contributed by atoms with Gasteiger partial charge in [0.2, 0.25) is 0 Å². The lowest BCUT2D eigenvalue weighted by Gasteiger charge is -2.41. The molecule has 1 aromatic carbocycles. The Morgan fingerprint density at radius 3 is 2.36 bits per heavy atom. The van der Waals surface area contributed by atoms with Gasteiger partial charge < -0.3 is 4.74 Å². The van der Waals surface area contributed by atoms with Gasteiger partial charge in [0.25, 0.3) is 0 Å². The Balaban J connectivity index is 1.88. The van der Waals surface area contributed by atoms with Gasteiger partial charge >= 0.3 is 0 Å². The number of hydrogen-bond acceptors (Lipinski definition) is 4. The van der Waals surface area contributed by atoms with Crippen molar-refractivity contribution in [3.8, 4) is 11.3 Å². The van der Waals surface area contributed by atoms with Gasteiger partial charge in [0.05, 0.1) is 18.3 Å². The van der Waals surface area contributed by atoms with E-state index in [0.717, 1.165) is 47.9 Å². The Bertz CT molecular complexity index is 697. The van der Waals surface area contributed by atoms with E-state index in [4.69, 9.17) is 16.3 Å². The summed E-state index contributed by atoms with van der Waals surface area (Å²) < 4.78 is 7.42. The second-order valence-electron chi connectivity index (χ2n) is 7.66. The molecule has 1 aromatic heterocycles. The van der Waals surface area contributed by atoms with Crippen LogP contribution in [-0.2, 0) is 11.3 Å². The molecule has 1 fully saturated rings. The van der Waals surface area contributed by atoms with Gasteiger partial charge in [0, 0.05) is 36.3 Å². The highest BCUT2D eigenvalue weighted by Crippen LogP contribution is 2.32. The molecule has 0 atom stereocenters. The Labute approximate surface area is 154 Å². The fourth-order valence-electron chi connectivity index (χ4n) is 3.50. The molecule has 6 heteroatoms. The Hall–Kier alpha value is -1.43. The second kappa shape index (κ2) is 7.44. The molecule has 0 saturated carbocycles. The molecule has 3 rings (SSSR count). The van der Waals surface area contributed by atoms with E-state index in [9.17, 15) is 0 Å². The standard InChI is InChI=1S/C19H27ClN4O/c1-19(2,3)23-11-9-16(10-12-23)24-18(17(13-25-4)21-22-24)14-5-7-15(20)8-6-14/h5-8,16H,9-13H2,1-4H3. The third kappa shape index (κ3) is 4.05. The average molecular weight is 363 g/mol. The van der Waals surface area contributed by atoms with Gasteiger partial charge in [-0.25, -0.2) is 4.68 Å². The lowest BCUT2D eigenvalue weighted by atomic mass is 9.97. The van der Waals surface area contributed by atoms with Crippen molar-refractivity contribution in [3.05, 3.63) is 35.0 Å². The average Bonchev–Trinajstić information content (AvgIpc) is 2.99. The van der Waals surface area contributed by atoms with Crippen molar-refractivity contribution in [2.75, 3.05) is 20.2 Å². The van der Waals surface area contributed by atoms with Crippen LogP contribution in [0.1, 0.15) is 45.3 Å². The monoisotopic (exact) mass is 362 g/mol. The van der Waals surface area contributed by atoms with Crippen molar-refractivity contribution in [2.45, 2.75) is 51.8 Å². The molecular formula is C19H27ClN4O. The number of piperidine rings is 1. The van der Waals surface area contributed by atoms with Gasteiger partial charge in [-0.15, -0.1) is 5.10 Å². The second-order valence-corrected chi connectivity index (χ2v) is 8.09. The molecule has 1 aliphatic heterocycles. The molecule has 5 nitrogen and oxygen atoms in total. The quantitative estimate of drug-likeness (QED) is 0.818. The predicted octanol–water partition coefficient (Wildman–Crippen LogP) is 4.18. The van der Waals surface area contributed by atoms with Crippen LogP contribution in [0.25, 0.3) is 11.3 Å². The number of benzene rings is 1. The molecule has 2 heterocycles. The van der Waals surface area contributed by atoms with Crippen molar-refractivity contribution >= 4 is 11.6 Å². The Kier molecular flexibility index (Phi) is 5.46. The minimum atomic E-state index is 0.216. The van der Waals surface area contributed by atoms with Gasteiger partial charge in [-0.2, -0.15) is 0 Å². The van der Waals surface area contributed by atoms with Gasteiger partial charge in [0.15, 0.2) is 0 Å². The number of hydrogen-bond donors (Lipinski definition) is 0. The van der Waals surface area contributed by atoms with E-state index in [0.29, 0.717) is 12.6 Å². The first-order valence-electron chi connectivity index (χ1n) is 8.84. The van der Waals surface area contributed by atoms with Crippen LogP contribution in [0.4, 0.5) is 0 Å². The zero-order chi connectivity index (χ0) is 18.0. The maximum Gasteiger partial charge on any atom is 0.116 e. The van der Waals surface area contributed by atoms with Crippen molar-refractivity contribution in [3.63, 3.8) is 0 Å². The topological polar surface area (TPSA) is 43.2 Å². The highest BCUT2D eigenvalue weighted by Gasteiger charge is 2.30. The lowest BCUT2D eigenvalue weighted by molar-refractivity contribution is 0.0870. The van der Waals surface area contributed by atoms with Gasteiger partial charge in [-0.05, 0) is 45.7 Å². The van der Waals surface area contributed by atoms with Crippen LogP contribution in [0.2, 0.25) is 5.02 Å². The molecule has 0 N–H and O–H groups in total. The molecule has 0 unspecified atom stereocenters. The SMILES string of the molecule is COCc1nnn(C2CCN(C(C)(C)C)CC2)c1-c1ccc(Cl)cc1. The van der Waals surface area contributed by atoms with E-state index in [1.54, 1.807) is 7.11 Å². The van der Waals surface area contributed by atoms with Crippen LogP contribution >= 0.6 is 11.6 Å². The number of nitrogens with zero attached hydrogens (tertiary/aromatic N) is 4. The summed E-state index contributed by atoms with van der Waals surface area (Å²) in [6.45, 7) is 9.44. The van der Waals surface area contributed by atoms with Crippen molar-refractivity contribution < 1.29 is 4.74 Å². The van der Waals surface area contributed by atoms with Crippen LogP contribution in [0.3, 0.4) is 0 Å². The van der Waals surface area contributed by atoms with E-state index in [-0.39, 0.29) is 5.54 Å². The highest BCUT2D eigenvalue weighted by atomic mass is 35.5. The molecule has 0 radical (unpaired) electrons.